The minimum atomic E-state index is -0.386. The molecule has 2 heterocycles. The predicted octanol–water partition coefficient (Wildman–Crippen LogP) is 1.34. The van der Waals surface area contributed by atoms with E-state index in [1.165, 1.54) is 0 Å². The number of aromatic nitrogens is 5. The lowest BCUT2D eigenvalue weighted by Crippen LogP contribution is -2.25. The van der Waals surface area contributed by atoms with E-state index in [4.69, 9.17) is 19.9 Å². The van der Waals surface area contributed by atoms with Crippen molar-refractivity contribution in [2.45, 2.75) is 59.3 Å². The van der Waals surface area contributed by atoms with Crippen LogP contribution in [0.1, 0.15) is 34.1 Å². The molecule has 0 aliphatic carbocycles. The second kappa shape index (κ2) is 8.14. The summed E-state index contributed by atoms with van der Waals surface area (Å²) in [4.78, 5) is 7.95. The molecule has 0 aromatic carbocycles. The van der Waals surface area contributed by atoms with Crippen molar-refractivity contribution in [3.8, 4) is 0 Å². The lowest BCUT2D eigenvalue weighted by atomic mass is 10.4. The molecule has 0 radical (unpaired) electrons. The number of ether oxygens (including phenoxy) is 3. The standard InChI is InChI=1S/C14H24N6O3/c1-9(2)21-6-5-12(23-10(3)4)22-8-20-11-7-16-14(15)17-13(11)18-19-20/h7,9-10,12H,5-6,8H2,1-4H3,(H2,15,16,17). The van der Waals surface area contributed by atoms with Gasteiger partial charge >= 0.3 is 0 Å². The van der Waals surface area contributed by atoms with Gasteiger partial charge in [-0.05, 0) is 27.7 Å². The first kappa shape index (κ1) is 17.5. The third-order valence-electron chi connectivity index (χ3n) is 2.91. The van der Waals surface area contributed by atoms with Crippen molar-refractivity contribution in [1.29, 1.82) is 0 Å². The van der Waals surface area contributed by atoms with Crippen LogP contribution in [0.2, 0.25) is 0 Å². The van der Waals surface area contributed by atoms with Gasteiger partial charge in [0.05, 0.1) is 25.0 Å². The molecule has 9 nitrogen and oxygen atoms in total. The van der Waals surface area contributed by atoms with Crippen molar-refractivity contribution < 1.29 is 14.2 Å². The summed E-state index contributed by atoms with van der Waals surface area (Å²) >= 11 is 0. The number of hydrogen-bond acceptors (Lipinski definition) is 8. The maximum atomic E-state index is 5.79. The van der Waals surface area contributed by atoms with Crippen LogP contribution in [0.4, 0.5) is 5.95 Å². The highest BCUT2D eigenvalue weighted by Gasteiger charge is 2.14. The molecular formula is C14H24N6O3. The number of nitrogens with zero attached hydrogens (tertiary/aromatic N) is 5. The highest BCUT2D eigenvalue weighted by Crippen LogP contribution is 2.11. The number of nitrogens with two attached hydrogens (primary N) is 1. The van der Waals surface area contributed by atoms with Crippen LogP contribution in [0.3, 0.4) is 0 Å². The Morgan fingerprint density at radius 2 is 1.96 bits per heavy atom. The van der Waals surface area contributed by atoms with Crippen LogP contribution in [0.25, 0.3) is 11.2 Å². The lowest BCUT2D eigenvalue weighted by molar-refractivity contribution is -0.191. The second-order valence-corrected chi connectivity index (χ2v) is 5.64. The summed E-state index contributed by atoms with van der Waals surface area (Å²) in [7, 11) is 0. The Hall–Kier alpha value is -1.84. The van der Waals surface area contributed by atoms with Gasteiger partial charge in [-0.2, -0.15) is 4.98 Å². The van der Waals surface area contributed by atoms with Crippen LogP contribution in [-0.2, 0) is 20.9 Å². The summed E-state index contributed by atoms with van der Waals surface area (Å²) in [6, 6.07) is 0. The van der Waals surface area contributed by atoms with E-state index in [1.54, 1.807) is 10.9 Å². The molecule has 0 aliphatic heterocycles. The largest absolute Gasteiger partial charge is 0.379 e. The Labute approximate surface area is 135 Å². The molecule has 2 N–H and O–H groups in total. The van der Waals surface area contributed by atoms with Crippen LogP contribution in [0.15, 0.2) is 6.20 Å². The monoisotopic (exact) mass is 324 g/mol. The molecule has 23 heavy (non-hydrogen) atoms. The molecule has 2 aromatic rings. The lowest BCUT2D eigenvalue weighted by Gasteiger charge is -2.21. The van der Waals surface area contributed by atoms with Crippen LogP contribution in [0.5, 0.6) is 0 Å². The number of anilines is 1. The Bertz CT molecular complexity index is 616. The van der Waals surface area contributed by atoms with Crippen molar-refractivity contribution in [3.63, 3.8) is 0 Å². The van der Waals surface area contributed by atoms with Crippen molar-refractivity contribution in [2.24, 2.45) is 0 Å². The first-order chi connectivity index (χ1) is 11.0. The maximum absolute atomic E-state index is 5.79. The number of fused-ring (bicyclic) bond motifs is 1. The molecule has 2 rings (SSSR count). The molecule has 0 amide bonds. The first-order valence-electron chi connectivity index (χ1n) is 7.66. The summed E-state index contributed by atoms with van der Waals surface area (Å²) < 4.78 is 18.6. The zero-order valence-electron chi connectivity index (χ0n) is 14.0. The highest BCUT2D eigenvalue weighted by molar-refractivity contribution is 5.69. The molecule has 128 valence electrons. The van der Waals surface area contributed by atoms with Gasteiger partial charge in [0.25, 0.3) is 0 Å². The minimum Gasteiger partial charge on any atom is -0.379 e. The number of nitrogen functional groups attached to an aromatic ring is 1. The summed E-state index contributed by atoms with van der Waals surface area (Å²) in [5.41, 5.74) is 6.61. The van der Waals surface area contributed by atoms with E-state index in [0.29, 0.717) is 24.2 Å². The normalized spacial score (nSPS) is 13.3. The summed E-state index contributed by atoms with van der Waals surface area (Å²) in [5, 5.41) is 7.93. The summed E-state index contributed by atoms with van der Waals surface area (Å²) in [5.74, 6) is 0.164. The topological polar surface area (TPSA) is 110 Å². The molecule has 0 saturated heterocycles. The molecule has 1 unspecified atom stereocenters. The van der Waals surface area contributed by atoms with Crippen LogP contribution < -0.4 is 5.73 Å². The minimum absolute atomic E-state index is 0.0506. The first-order valence-corrected chi connectivity index (χ1v) is 7.66. The quantitative estimate of drug-likeness (QED) is 0.688. The van der Waals surface area contributed by atoms with Crippen molar-refractivity contribution in [2.75, 3.05) is 12.3 Å². The molecule has 0 fully saturated rings. The third-order valence-corrected chi connectivity index (χ3v) is 2.91. The van der Waals surface area contributed by atoms with Gasteiger partial charge < -0.3 is 19.9 Å². The molecule has 2 aromatic heterocycles. The Kier molecular flexibility index (Phi) is 6.20. The van der Waals surface area contributed by atoms with E-state index in [-0.39, 0.29) is 31.2 Å². The van der Waals surface area contributed by atoms with Crippen molar-refractivity contribution in [3.05, 3.63) is 6.20 Å². The average Bonchev–Trinajstić information content (AvgIpc) is 2.85. The summed E-state index contributed by atoms with van der Waals surface area (Å²) in [6.45, 7) is 8.65. The number of rotatable bonds is 9. The van der Waals surface area contributed by atoms with E-state index in [1.807, 2.05) is 27.7 Å². The van der Waals surface area contributed by atoms with Gasteiger partial charge in [0.2, 0.25) is 11.6 Å². The Balaban J connectivity index is 1.95. The van der Waals surface area contributed by atoms with Gasteiger partial charge in [0, 0.05) is 6.42 Å². The van der Waals surface area contributed by atoms with E-state index in [2.05, 4.69) is 20.3 Å². The Morgan fingerprint density at radius 1 is 1.17 bits per heavy atom. The predicted molar refractivity (Wildman–Crippen MR) is 84.3 cm³/mol. The van der Waals surface area contributed by atoms with Gasteiger partial charge in [0.1, 0.15) is 12.2 Å². The highest BCUT2D eigenvalue weighted by atomic mass is 16.7. The van der Waals surface area contributed by atoms with E-state index < -0.39 is 0 Å². The zero-order valence-corrected chi connectivity index (χ0v) is 14.0. The van der Waals surface area contributed by atoms with Crippen molar-refractivity contribution >= 4 is 17.1 Å². The zero-order chi connectivity index (χ0) is 16.8. The Morgan fingerprint density at radius 3 is 2.65 bits per heavy atom. The molecule has 1 atom stereocenters. The smallest absolute Gasteiger partial charge is 0.222 e. The fraction of sp³-hybridized carbons (Fsp3) is 0.714. The van der Waals surface area contributed by atoms with Crippen LogP contribution in [-0.4, -0.2) is 50.1 Å². The third kappa shape index (κ3) is 5.38. The van der Waals surface area contributed by atoms with E-state index in [9.17, 15) is 0 Å². The molecule has 0 bridgehead atoms. The molecule has 0 spiro atoms. The van der Waals surface area contributed by atoms with Gasteiger partial charge in [0.15, 0.2) is 6.29 Å². The SMILES string of the molecule is CC(C)OCCC(OCn1nnc2nc(N)ncc21)OC(C)C. The molecule has 0 aliphatic rings. The number of hydrogen-bond donors (Lipinski definition) is 1. The van der Waals surface area contributed by atoms with Gasteiger partial charge in [-0.1, -0.05) is 5.21 Å². The fourth-order valence-electron chi connectivity index (χ4n) is 1.92. The van der Waals surface area contributed by atoms with Gasteiger partial charge in [-0.25, -0.2) is 9.67 Å². The average molecular weight is 324 g/mol. The van der Waals surface area contributed by atoms with Gasteiger partial charge in [-0.3, -0.25) is 0 Å². The summed E-state index contributed by atoms with van der Waals surface area (Å²) in [6.07, 6.45) is 2.04. The van der Waals surface area contributed by atoms with Gasteiger partial charge in [-0.15, -0.1) is 5.10 Å². The maximum Gasteiger partial charge on any atom is 0.222 e. The molecule has 0 saturated carbocycles. The van der Waals surface area contributed by atoms with E-state index in [0.717, 1.165) is 0 Å². The van der Waals surface area contributed by atoms with Crippen LogP contribution >= 0.6 is 0 Å². The van der Waals surface area contributed by atoms with Crippen molar-refractivity contribution in [1.82, 2.24) is 25.0 Å². The second-order valence-electron chi connectivity index (χ2n) is 5.64. The molecule has 9 heteroatoms. The molecular weight excluding hydrogens is 300 g/mol. The fourth-order valence-corrected chi connectivity index (χ4v) is 1.92. The van der Waals surface area contributed by atoms with E-state index >= 15 is 0 Å². The van der Waals surface area contributed by atoms with Crippen LogP contribution in [0, 0.1) is 0 Å².